The molecule has 148 valence electrons. The van der Waals surface area contributed by atoms with Crippen LogP contribution in [-0.4, -0.2) is 18.3 Å². The fraction of sp³-hybridized carbons (Fsp3) is 0.111. The van der Waals surface area contributed by atoms with Gasteiger partial charge in [0.2, 0.25) is 0 Å². The SMILES string of the molecule is OCCOc1ccc(N(c2ccccc2)c2ccc3c(c2)Cc2ccccc2-3)cc1. The number of para-hydroxylation sites is 1. The van der Waals surface area contributed by atoms with Crippen molar-refractivity contribution in [3.05, 3.63) is 108 Å². The van der Waals surface area contributed by atoms with Crippen molar-refractivity contribution >= 4 is 17.1 Å². The molecule has 5 rings (SSSR count). The second-order valence-electron chi connectivity index (χ2n) is 7.41. The Morgan fingerprint density at radius 2 is 1.33 bits per heavy atom. The van der Waals surface area contributed by atoms with Gasteiger partial charge in [-0.05, 0) is 77.2 Å². The molecule has 0 saturated heterocycles. The van der Waals surface area contributed by atoms with Crippen molar-refractivity contribution in [3.63, 3.8) is 0 Å². The Morgan fingerprint density at radius 1 is 0.667 bits per heavy atom. The number of fused-ring (bicyclic) bond motifs is 3. The number of hydrogen-bond donors (Lipinski definition) is 1. The average molecular weight is 393 g/mol. The minimum Gasteiger partial charge on any atom is -0.491 e. The summed E-state index contributed by atoms with van der Waals surface area (Å²) in [7, 11) is 0. The number of hydrogen-bond acceptors (Lipinski definition) is 3. The number of rotatable bonds is 6. The molecule has 4 aromatic rings. The number of benzene rings is 4. The second kappa shape index (κ2) is 8.05. The Hall–Kier alpha value is -3.56. The molecule has 3 heteroatoms. The lowest BCUT2D eigenvalue weighted by molar-refractivity contribution is 0.201. The van der Waals surface area contributed by atoms with Crippen molar-refractivity contribution in [2.75, 3.05) is 18.1 Å². The first-order chi connectivity index (χ1) is 14.8. The van der Waals surface area contributed by atoms with Crippen molar-refractivity contribution in [3.8, 4) is 16.9 Å². The van der Waals surface area contributed by atoms with Crippen LogP contribution < -0.4 is 9.64 Å². The Bertz CT molecular complexity index is 1150. The monoisotopic (exact) mass is 393 g/mol. The summed E-state index contributed by atoms with van der Waals surface area (Å²) in [6.07, 6.45) is 0.968. The molecule has 1 N–H and O–H groups in total. The zero-order valence-corrected chi connectivity index (χ0v) is 16.7. The molecule has 1 aliphatic carbocycles. The summed E-state index contributed by atoms with van der Waals surface area (Å²) < 4.78 is 5.53. The Kier molecular flexibility index (Phi) is 4.96. The van der Waals surface area contributed by atoms with Gasteiger partial charge in [0, 0.05) is 17.1 Å². The highest BCUT2D eigenvalue weighted by Crippen LogP contribution is 2.41. The highest BCUT2D eigenvalue weighted by atomic mass is 16.5. The summed E-state index contributed by atoms with van der Waals surface area (Å²) in [6, 6.07) is 33.8. The molecule has 0 aromatic heterocycles. The molecule has 0 amide bonds. The summed E-state index contributed by atoms with van der Waals surface area (Å²) >= 11 is 0. The quantitative estimate of drug-likeness (QED) is 0.378. The molecule has 0 bridgehead atoms. The first-order valence-electron chi connectivity index (χ1n) is 10.2. The van der Waals surface area contributed by atoms with Crippen molar-refractivity contribution in [1.82, 2.24) is 0 Å². The fourth-order valence-electron chi connectivity index (χ4n) is 4.15. The predicted molar refractivity (Wildman–Crippen MR) is 122 cm³/mol. The van der Waals surface area contributed by atoms with E-state index in [0.717, 1.165) is 29.2 Å². The Balaban J connectivity index is 1.54. The molecule has 0 aliphatic heterocycles. The van der Waals surface area contributed by atoms with Gasteiger partial charge < -0.3 is 14.7 Å². The van der Waals surface area contributed by atoms with Crippen LogP contribution in [0.3, 0.4) is 0 Å². The number of ether oxygens (including phenoxy) is 1. The minimum absolute atomic E-state index is 0.00933. The Morgan fingerprint density at radius 3 is 2.13 bits per heavy atom. The van der Waals surface area contributed by atoms with Gasteiger partial charge in [-0.25, -0.2) is 0 Å². The summed E-state index contributed by atoms with van der Waals surface area (Å²) in [5, 5.41) is 8.98. The number of aliphatic hydroxyl groups excluding tert-OH is 1. The molecule has 3 nitrogen and oxygen atoms in total. The van der Waals surface area contributed by atoms with Gasteiger partial charge in [0.25, 0.3) is 0 Å². The highest BCUT2D eigenvalue weighted by molar-refractivity contribution is 5.83. The number of nitrogens with zero attached hydrogens (tertiary/aromatic N) is 1. The van der Waals surface area contributed by atoms with E-state index in [1.54, 1.807) is 0 Å². The predicted octanol–water partition coefficient (Wildman–Crippen LogP) is 6.10. The van der Waals surface area contributed by atoms with Gasteiger partial charge >= 0.3 is 0 Å². The molecular weight excluding hydrogens is 370 g/mol. The van der Waals surface area contributed by atoms with Crippen molar-refractivity contribution in [2.45, 2.75) is 6.42 Å². The van der Waals surface area contributed by atoms with E-state index < -0.39 is 0 Å². The largest absolute Gasteiger partial charge is 0.491 e. The van der Waals surface area contributed by atoms with E-state index in [1.807, 2.05) is 18.2 Å². The molecular formula is C27H23NO2. The summed E-state index contributed by atoms with van der Waals surface area (Å²) in [4.78, 5) is 2.26. The highest BCUT2D eigenvalue weighted by Gasteiger charge is 2.20. The van der Waals surface area contributed by atoms with Crippen molar-refractivity contribution in [1.29, 1.82) is 0 Å². The molecule has 0 heterocycles. The van der Waals surface area contributed by atoms with E-state index in [9.17, 15) is 0 Å². The van der Waals surface area contributed by atoms with Gasteiger partial charge in [-0.15, -0.1) is 0 Å². The average Bonchev–Trinajstić information content (AvgIpc) is 3.17. The van der Waals surface area contributed by atoms with Crippen LogP contribution in [0.15, 0.2) is 97.1 Å². The van der Waals surface area contributed by atoms with Gasteiger partial charge in [0.1, 0.15) is 12.4 Å². The van der Waals surface area contributed by atoms with Crippen molar-refractivity contribution in [2.24, 2.45) is 0 Å². The standard InChI is InChI=1S/C27H23NO2/c29-16-17-30-25-13-10-23(11-14-25)28(22-7-2-1-3-8-22)24-12-15-27-21(19-24)18-20-6-4-5-9-26(20)27/h1-15,19,29H,16-18H2. The van der Waals surface area contributed by atoms with Gasteiger partial charge in [-0.2, -0.15) is 0 Å². The topological polar surface area (TPSA) is 32.7 Å². The maximum absolute atomic E-state index is 8.98. The van der Waals surface area contributed by atoms with Crippen LogP contribution in [-0.2, 0) is 6.42 Å². The minimum atomic E-state index is 0.00933. The van der Waals surface area contributed by atoms with Crippen LogP contribution in [0.5, 0.6) is 5.75 Å². The van der Waals surface area contributed by atoms with E-state index >= 15 is 0 Å². The second-order valence-corrected chi connectivity index (χ2v) is 7.41. The lowest BCUT2D eigenvalue weighted by Gasteiger charge is -2.26. The molecule has 0 atom stereocenters. The molecule has 30 heavy (non-hydrogen) atoms. The number of aliphatic hydroxyl groups is 1. The molecule has 0 spiro atoms. The van der Waals surface area contributed by atoms with E-state index in [2.05, 4.69) is 83.8 Å². The van der Waals surface area contributed by atoms with E-state index in [1.165, 1.54) is 22.3 Å². The molecule has 0 radical (unpaired) electrons. The van der Waals surface area contributed by atoms with Crippen LogP contribution >= 0.6 is 0 Å². The molecule has 1 aliphatic rings. The maximum Gasteiger partial charge on any atom is 0.119 e. The third-order valence-corrected chi connectivity index (χ3v) is 5.50. The van der Waals surface area contributed by atoms with Gasteiger partial charge in [-0.1, -0.05) is 48.5 Å². The van der Waals surface area contributed by atoms with Crippen LogP contribution in [0, 0.1) is 0 Å². The van der Waals surface area contributed by atoms with E-state index in [-0.39, 0.29) is 6.61 Å². The smallest absolute Gasteiger partial charge is 0.119 e. The van der Waals surface area contributed by atoms with Crippen LogP contribution in [0.4, 0.5) is 17.1 Å². The third-order valence-electron chi connectivity index (χ3n) is 5.50. The number of anilines is 3. The van der Waals surface area contributed by atoms with Gasteiger partial charge in [-0.3, -0.25) is 0 Å². The zero-order chi connectivity index (χ0) is 20.3. The van der Waals surface area contributed by atoms with Gasteiger partial charge in [0.05, 0.1) is 6.61 Å². The lowest BCUT2D eigenvalue weighted by atomic mass is 10.0. The first-order valence-corrected chi connectivity index (χ1v) is 10.2. The van der Waals surface area contributed by atoms with Crippen LogP contribution in [0.2, 0.25) is 0 Å². The van der Waals surface area contributed by atoms with Gasteiger partial charge in [0.15, 0.2) is 0 Å². The third kappa shape index (κ3) is 3.44. The van der Waals surface area contributed by atoms with Crippen LogP contribution in [0.25, 0.3) is 11.1 Å². The van der Waals surface area contributed by atoms with Crippen molar-refractivity contribution < 1.29 is 9.84 Å². The molecule has 0 saturated carbocycles. The van der Waals surface area contributed by atoms with Crippen LogP contribution in [0.1, 0.15) is 11.1 Å². The van der Waals surface area contributed by atoms with E-state index in [4.69, 9.17) is 9.84 Å². The molecule has 4 aromatic carbocycles. The lowest BCUT2D eigenvalue weighted by Crippen LogP contribution is -2.10. The van der Waals surface area contributed by atoms with E-state index in [0.29, 0.717) is 6.61 Å². The Labute approximate surface area is 176 Å². The zero-order valence-electron chi connectivity index (χ0n) is 16.7. The summed E-state index contributed by atoms with van der Waals surface area (Å²) in [5.41, 5.74) is 8.73. The first kappa shape index (κ1) is 18.5. The summed E-state index contributed by atoms with van der Waals surface area (Å²) in [5.74, 6) is 0.755. The maximum atomic E-state index is 8.98. The summed E-state index contributed by atoms with van der Waals surface area (Å²) in [6.45, 7) is 0.308. The fourth-order valence-corrected chi connectivity index (χ4v) is 4.15. The molecule has 0 unspecified atom stereocenters. The normalized spacial score (nSPS) is 11.6. The molecule has 0 fully saturated rings.